The van der Waals surface area contributed by atoms with Crippen molar-refractivity contribution in [3.63, 3.8) is 0 Å². The molecule has 1 fully saturated rings. The van der Waals surface area contributed by atoms with Crippen molar-refractivity contribution in [3.05, 3.63) is 54.3 Å². The van der Waals surface area contributed by atoms with Gasteiger partial charge < -0.3 is 9.09 Å². The average Bonchev–Trinajstić information content (AvgIpc) is 3.35. The minimum Gasteiger partial charge on any atom is -0.364 e. The smallest absolute Gasteiger partial charge is 0.124 e. The molecule has 0 amide bonds. The number of para-hydroxylation sites is 1. The Morgan fingerprint density at radius 1 is 1.16 bits per heavy atom. The van der Waals surface area contributed by atoms with Crippen molar-refractivity contribution in [3.8, 4) is 0 Å². The molecule has 0 N–H and O–H groups in total. The molecule has 25 heavy (non-hydrogen) atoms. The summed E-state index contributed by atoms with van der Waals surface area (Å²) in [4.78, 5) is 9.32. The van der Waals surface area contributed by atoms with Gasteiger partial charge in [-0.05, 0) is 25.3 Å². The molecule has 0 aliphatic heterocycles. The molecule has 1 saturated carbocycles. The number of halogens is 1. The van der Waals surface area contributed by atoms with Crippen LogP contribution >= 0.6 is 0 Å². The Labute approximate surface area is 143 Å². The van der Waals surface area contributed by atoms with Crippen LogP contribution in [-0.2, 0) is 6.42 Å². The van der Waals surface area contributed by atoms with Crippen LogP contribution in [0.1, 0.15) is 36.8 Å². The zero-order valence-electron chi connectivity index (χ0n) is 13.6. The van der Waals surface area contributed by atoms with Crippen LogP contribution < -0.4 is 0 Å². The Bertz CT molecular complexity index is 1040. The summed E-state index contributed by atoms with van der Waals surface area (Å²) in [7, 11) is 0. The van der Waals surface area contributed by atoms with E-state index in [2.05, 4.69) is 20.8 Å². The molecule has 5 nitrogen and oxygen atoms in total. The lowest BCUT2D eigenvalue weighted by Crippen LogP contribution is -2.11. The van der Waals surface area contributed by atoms with Crippen molar-refractivity contribution >= 4 is 21.9 Å². The van der Waals surface area contributed by atoms with Crippen molar-refractivity contribution in [1.29, 1.82) is 0 Å². The summed E-state index contributed by atoms with van der Waals surface area (Å²) in [6.45, 7) is 0. The lowest BCUT2D eigenvalue weighted by Gasteiger charge is -2.17. The predicted molar refractivity (Wildman–Crippen MR) is 92.1 cm³/mol. The average molecular weight is 336 g/mol. The fourth-order valence-electron chi connectivity index (χ4n) is 3.92. The molecule has 3 aromatic heterocycles. The number of aromatic nitrogens is 4. The third-order valence-corrected chi connectivity index (χ3v) is 5.03. The maximum Gasteiger partial charge on any atom is 0.124 e. The van der Waals surface area contributed by atoms with E-state index in [-0.39, 0.29) is 6.04 Å². The van der Waals surface area contributed by atoms with Crippen molar-refractivity contribution < 1.29 is 8.91 Å². The topological polar surface area (TPSA) is 56.7 Å². The highest BCUT2D eigenvalue weighted by molar-refractivity contribution is 6.02. The predicted octanol–water partition coefficient (Wildman–Crippen LogP) is 4.23. The number of hydrogen-bond donors (Lipinski definition) is 0. The van der Waals surface area contributed by atoms with Crippen LogP contribution in [0.15, 0.2) is 47.3 Å². The molecule has 1 aromatic carbocycles. The van der Waals surface area contributed by atoms with Crippen LogP contribution in [0.2, 0.25) is 0 Å². The molecular weight excluding hydrogens is 319 g/mol. The molecule has 126 valence electrons. The van der Waals surface area contributed by atoms with E-state index in [0.717, 1.165) is 39.9 Å². The zero-order chi connectivity index (χ0) is 16.8. The molecule has 3 heterocycles. The van der Waals surface area contributed by atoms with Gasteiger partial charge in [-0.1, -0.05) is 23.4 Å². The Morgan fingerprint density at radius 2 is 2.08 bits per heavy atom. The number of nitrogens with zero attached hydrogens (tertiary/aromatic N) is 4. The third kappa shape index (κ3) is 2.40. The second-order valence-corrected chi connectivity index (χ2v) is 6.64. The maximum atomic E-state index is 13.9. The Hall–Kier alpha value is -2.76. The van der Waals surface area contributed by atoms with Crippen molar-refractivity contribution in [2.24, 2.45) is 0 Å². The largest absolute Gasteiger partial charge is 0.364 e. The van der Waals surface area contributed by atoms with E-state index in [1.54, 1.807) is 6.26 Å². The summed E-state index contributed by atoms with van der Waals surface area (Å²) >= 11 is 0. The fraction of sp³-hybridized carbons (Fsp3) is 0.316. The molecular formula is C19H17FN4O. The van der Waals surface area contributed by atoms with Crippen molar-refractivity contribution in [2.75, 3.05) is 0 Å². The summed E-state index contributed by atoms with van der Waals surface area (Å²) in [5.41, 5.74) is 3.64. The Kier molecular flexibility index (Phi) is 3.29. The monoisotopic (exact) mass is 336 g/mol. The minimum absolute atomic E-state index is 0.118. The molecule has 0 unspecified atom stereocenters. The van der Waals surface area contributed by atoms with E-state index in [0.29, 0.717) is 19.3 Å². The van der Waals surface area contributed by atoms with Crippen LogP contribution in [0.4, 0.5) is 4.39 Å². The second kappa shape index (κ2) is 5.65. The van der Waals surface area contributed by atoms with Crippen LogP contribution in [0, 0.1) is 0 Å². The van der Waals surface area contributed by atoms with Gasteiger partial charge in [-0.25, -0.2) is 9.37 Å². The fourth-order valence-corrected chi connectivity index (χ4v) is 3.92. The van der Waals surface area contributed by atoms with Gasteiger partial charge in [0.1, 0.15) is 23.8 Å². The molecule has 0 saturated heterocycles. The summed E-state index contributed by atoms with van der Waals surface area (Å²) in [6, 6.07) is 10.00. The van der Waals surface area contributed by atoms with Gasteiger partial charge in [0.25, 0.3) is 0 Å². The minimum atomic E-state index is -0.740. The summed E-state index contributed by atoms with van der Waals surface area (Å²) < 4.78 is 21.1. The number of fused-ring (bicyclic) bond motifs is 3. The van der Waals surface area contributed by atoms with Crippen LogP contribution in [0.25, 0.3) is 21.9 Å². The molecule has 1 aliphatic rings. The highest BCUT2D eigenvalue weighted by Crippen LogP contribution is 2.37. The molecule has 6 heteroatoms. The van der Waals surface area contributed by atoms with E-state index in [1.807, 2.05) is 30.5 Å². The SMILES string of the molecule is F[C@H]1CC[C@@H](n2c(Cc3ccon3)nc3cnc4ccccc4c32)C1. The van der Waals surface area contributed by atoms with E-state index in [9.17, 15) is 4.39 Å². The number of hydrogen-bond acceptors (Lipinski definition) is 4. The Balaban J connectivity index is 1.76. The van der Waals surface area contributed by atoms with Crippen LogP contribution in [-0.4, -0.2) is 25.9 Å². The summed E-state index contributed by atoms with van der Waals surface area (Å²) in [6.07, 6.45) is 5.16. The van der Waals surface area contributed by atoms with Crippen LogP contribution in [0.3, 0.4) is 0 Å². The standard InChI is InChI=1S/C19H17FN4O/c20-12-5-6-14(9-12)24-18(10-13-7-8-25-23-13)22-17-11-21-16-4-2-1-3-15(16)19(17)24/h1-4,7-8,11-12,14H,5-6,9-10H2/t12-,14+/m0/s1. The van der Waals surface area contributed by atoms with Gasteiger partial charge in [0, 0.05) is 17.5 Å². The number of rotatable bonds is 3. The number of benzene rings is 1. The van der Waals surface area contributed by atoms with Crippen molar-refractivity contribution in [1.82, 2.24) is 19.7 Å². The Morgan fingerprint density at radius 3 is 2.88 bits per heavy atom. The van der Waals surface area contributed by atoms with Crippen molar-refractivity contribution in [2.45, 2.75) is 37.9 Å². The molecule has 0 spiro atoms. The van der Waals surface area contributed by atoms with Gasteiger partial charge in [0.2, 0.25) is 0 Å². The van der Waals surface area contributed by atoms with E-state index in [4.69, 9.17) is 9.51 Å². The lowest BCUT2D eigenvalue weighted by molar-refractivity contribution is 0.330. The van der Waals surface area contributed by atoms with Crippen LogP contribution in [0.5, 0.6) is 0 Å². The van der Waals surface area contributed by atoms with Gasteiger partial charge in [-0.2, -0.15) is 0 Å². The quantitative estimate of drug-likeness (QED) is 0.562. The first kappa shape index (κ1) is 14.6. The molecule has 0 radical (unpaired) electrons. The summed E-state index contributed by atoms with van der Waals surface area (Å²) in [5, 5.41) is 5.07. The highest BCUT2D eigenvalue weighted by atomic mass is 19.1. The van der Waals surface area contributed by atoms with Gasteiger partial charge in [-0.3, -0.25) is 4.98 Å². The molecule has 5 rings (SSSR count). The zero-order valence-corrected chi connectivity index (χ0v) is 13.6. The van der Waals surface area contributed by atoms with Gasteiger partial charge in [-0.15, -0.1) is 0 Å². The normalized spacial score (nSPS) is 20.7. The van der Waals surface area contributed by atoms with Gasteiger partial charge in [0.15, 0.2) is 0 Å². The van der Waals surface area contributed by atoms with E-state index >= 15 is 0 Å². The number of alkyl halides is 1. The second-order valence-electron chi connectivity index (χ2n) is 6.64. The van der Waals surface area contributed by atoms with Gasteiger partial charge in [0.05, 0.1) is 29.3 Å². The molecule has 4 aromatic rings. The van der Waals surface area contributed by atoms with Gasteiger partial charge >= 0.3 is 0 Å². The number of imidazole rings is 1. The highest BCUT2D eigenvalue weighted by Gasteiger charge is 2.29. The number of pyridine rings is 1. The lowest BCUT2D eigenvalue weighted by atomic mass is 10.1. The first-order chi connectivity index (χ1) is 12.3. The van der Waals surface area contributed by atoms with E-state index < -0.39 is 6.17 Å². The van der Waals surface area contributed by atoms with E-state index in [1.165, 1.54) is 0 Å². The first-order valence-corrected chi connectivity index (χ1v) is 8.57. The molecule has 1 aliphatic carbocycles. The molecule has 0 bridgehead atoms. The molecule has 2 atom stereocenters. The summed E-state index contributed by atoms with van der Waals surface area (Å²) in [5.74, 6) is 0.890. The third-order valence-electron chi connectivity index (χ3n) is 5.03. The maximum absolute atomic E-state index is 13.9. The first-order valence-electron chi connectivity index (χ1n) is 8.57.